The number of benzene rings is 2. The fourth-order valence-corrected chi connectivity index (χ4v) is 1.60. The van der Waals surface area contributed by atoms with Gasteiger partial charge >= 0.3 is 12.1 Å². The standard InChI is InChI=1S/C16H14N2O4/c1-21-16(20)18-17-11-12-6-5-9-14(10-12)22-15(19)13-7-3-2-4-8-13/h2-11H,1H3,(H,18,20)/b17-11+. The third kappa shape index (κ3) is 4.45. The molecule has 0 radical (unpaired) electrons. The molecule has 0 aromatic heterocycles. The second kappa shape index (κ2) is 7.58. The molecule has 2 aromatic rings. The van der Waals surface area contributed by atoms with Crippen LogP contribution in [0.3, 0.4) is 0 Å². The average molecular weight is 298 g/mol. The molecule has 1 amide bonds. The van der Waals surface area contributed by atoms with Crippen molar-refractivity contribution in [1.82, 2.24) is 5.43 Å². The average Bonchev–Trinajstić information content (AvgIpc) is 2.56. The Kier molecular flexibility index (Phi) is 5.25. The lowest BCUT2D eigenvalue weighted by Gasteiger charge is -2.04. The molecular weight excluding hydrogens is 284 g/mol. The predicted molar refractivity (Wildman–Crippen MR) is 81.0 cm³/mol. The number of carbonyl (C=O) groups excluding carboxylic acids is 2. The molecule has 6 heteroatoms. The zero-order valence-corrected chi connectivity index (χ0v) is 11.9. The molecule has 0 fully saturated rings. The van der Waals surface area contributed by atoms with Crippen molar-refractivity contribution in [1.29, 1.82) is 0 Å². The van der Waals surface area contributed by atoms with Crippen LogP contribution in [0.2, 0.25) is 0 Å². The molecule has 0 atom stereocenters. The maximum absolute atomic E-state index is 11.9. The summed E-state index contributed by atoms with van der Waals surface area (Å²) in [5.74, 6) is -0.0572. The lowest BCUT2D eigenvalue weighted by Crippen LogP contribution is -2.16. The Morgan fingerprint density at radius 3 is 2.59 bits per heavy atom. The van der Waals surface area contributed by atoms with Gasteiger partial charge in [0.2, 0.25) is 0 Å². The molecule has 0 saturated carbocycles. The highest BCUT2D eigenvalue weighted by Gasteiger charge is 2.07. The minimum absolute atomic E-state index is 0.385. The minimum atomic E-state index is -0.664. The topological polar surface area (TPSA) is 77.0 Å². The van der Waals surface area contributed by atoms with Gasteiger partial charge in [0.1, 0.15) is 5.75 Å². The van der Waals surface area contributed by atoms with E-state index in [1.807, 2.05) is 6.07 Å². The minimum Gasteiger partial charge on any atom is -0.452 e. The fourth-order valence-electron chi connectivity index (χ4n) is 1.60. The molecule has 0 bridgehead atoms. The summed E-state index contributed by atoms with van der Waals surface area (Å²) in [4.78, 5) is 22.8. The molecule has 0 spiro atoms. The predicted octanol–water partition coefficient (Wildman–Crippen LogP) is 2.60. The number of hydrazone groups is 1. The molecule has 0 aliphatic rings. The SMILES string of the molecule is COC(=O)N/N=C/c1cccc(OC(=O)c2ccccc2)c1. The highest BCUT2D eigenvalue weighted by Crippen LogP contribution is 2.14. The van der Waals surface area contributed by atoms with E-state index in [1.165, 1.54) is 13.3 Å². The van der Waals surface area contributed by atoms with Crippen LogP contribution in [0, 0.1) is 0 Å². The van der Waals surface area contributed by atoms with Crippen LogP contribution in [-0.2, 0) is 4.74 Å². The molecular formula is C16H14N2O4. The van der Waals surface area contributed by atoms with Crippen LogP contribution in [0.4, 0.5) is 4.79 Å². The van der Waals surface area contributed by atoms with E-state index >= 15 is 0 Å². The van der Waals surface area contributed by atoms with Gasteiger partial charge in [0.05, 0.1) is 18.9 Å². The van der Waals surface area contributed by atoms with Gasteiger partial charge in [-0.05, 0) is 29.8 Å². The van der Waals surface area contributed by atoms with Gasteiger partial charge in [-0.2, -0.15) is 5.10 Å². The zero-order valence-electron chi connectivity index (χ0n) is 11.9. The molecule has 0 aliphatic carbocycles. The number of ether oxygens (including phenoxy) is 2. The van der Waals surface area contributed by atoms with Crippen molar-refractivity contribution in [3.05, 3.63) is 65.7 Å². The van der Waals surface area contributed by atoms with Crippen LogP contribution >= 0.6 is 0 Å². The summed E-state index contributed by atoms with van der Waals surface area (Å²) in [6, 6.07) is 15.4. The van der Waals surface area contributed by atoms with Gasteiger partial charge in [-0.25, -0.2) is 15.0 Å². The summed E-state index contributed by atoms with van der Waals surface area (Å²) in [5, 5.41) is 3.70. The Labute approximate surface area is 127 Å². The van der Waals surface area contributed by atoms with Crippen molar-refractivity contribution >= 4 is 18.3 Å². The van der Waals surface area contributed by atoms with Crippen LogP contribution in [0.25, 0.3) is 0 Å². The molecule has 2 rings (SSSR count). The van der Waals surface area contributed by atoms with Crippen molar-refractivity contribution in [2.45, 2.75) is 0 Å². The van der Waals surface area contributed by atoms with Gasteiger partial charge in [-0.15, -0.1) is 0 Å². The Hall–Kier alpha value is -3.15. The summed E-state index contributed by atoms with van der Waals surface area (Å²) in [6.45, 7) is 0. The number of hydrogen-bond acceptors (Lipinski definition) is 5. The van der Waals surface area contributed by atoms with Crippen LogP contribution in [0.1, 0.15) is 15.9 Å². The summed E-state index contributed by atoms with van der Waals surface area (Å²) < 4.78 is 9.66. The molecule has 22 heavy (non-hydrogen) atoms. The number of nitrogens with zero attached hydrogens (tertiary/aromatic N) is 1. The van der Waals surface area contributed by atoms with E-state index < -0.39 is 12.1 Å². The largest absolute Gasteiger partial charge is 0.452 e. The van der Waals surface area contributed by atoms with Crippen LogP contribution in [0.5, 0.6) is 5.75 Å². The maximum atomic E-state index is 11.9. The van der Waals surface area contributed by atoms with E-state index in [4.69, 9.17) is 4.74 Å². The maximum Gasteiger partial charge on any atom is 0.427 e. The Morgan fingerprint density at radius 1 is 1.09 bits per heavy atom. The lowest BCUT2D eigenvalue weighted by atomic mass is 10.2. The Balaban J connectivity index is 2.02. The third-order valence-electron chi connectivity index (χ3n) is 2.63. The molecule has 0 heterocycles. The highest BCUT2D eigenvalue weighted by molar-refractivity contribution is 5.91. The van der Waals surface area contributed by atoms with Crippen molar-refractivity contribution in [2.75, 3.05) is 7.11 Å². The lowest BCUT2D eigenvalue weighted by molar-refractivity contribution is 0.0734. The van der Waals surface area contributed by atoms with Crippen LogP contribution < -0.4 is 10.2 Å². The van der Waals surface area contributed by atoms with Gasteiger partial charge in [0.15, 0.2) is 0 Å². The second-order valence-corrected chi connectivity index (χ2v) is 4.19. The quantitative estimate of drug-likeness (QED) is 0.407. The van der Waals surface area contributed by atoms with Gasteiger partial charge in [0, 0.05) is 0 Å². The van der Waals surface area contributed by atoms with Gasteiger partial charge in [-0.3, -0.25) is 0 Å². The number of amides is 1. The van der Waals surface area contributed by atoms with E-state index in [2.05, 4.69) is 15.3 Å². The van der Waals surface area contributed by atoms with Crippen molar-refractivity contribution in [3.8, 4) is 5.75 Å². The van der Waals surface area contributed by atoms with Gasteiger partial charge in [-0.1, -0.05) is 30.3 Å². The smallest absolute Gasteiger partial charge is 0.427 e. The van der Waals surface area contributed by atoms with E-state index in [-0.39, 0.29) is 0 Å². The van der Waals surface area contributed by atoms with E-state index in [9.17, 15) is 9.59 Å². The summed E-state index contributed by atoms with van der Waals surface area (Å²) in [5.41, 5.74) is 3.30. The van der Waals surface area contributed by atoms with E-state index in [1.54, 1.807) is 48.5 Å². The third-order valence-corrected chi connectivity index (χ3v) is 2.63. The Bertz CT molecular complexity index is 684. The monoisotopic (exact) mass is 298 g/mol. The van der Waals surface area contributed by atoms with Crippen LogP contribution in [-0.4, -0.2) is 25.4 Å². The molecule has 0 aliphatic heterocycles. The summed E-state index contributed by atoms with van der Waals surface area (Å²) >= 11 is 0. The number of methoxy groups -OCH3 is 1. The molecule has 0 unspecified atom stereocenters. The van der Waals surface area contributed by atoms with Gasteiger partial charge in [0.25, 0.3) is 0 Å². The molecule has 1 N–H and O–H groups in total. The molecule has 2 aromatic carbocycles. The first-order valence-electron chi connectivity index (χ1n) is 6.43. The second-order valence-electron chi connectivity index (χ2n) is 4.19. The molecule has 0 saturated heterocycles. The normalized spacial score (nSPS) is 10.2. The Morgan fingerprint density at radius 2 is 1.86 bits per heavy atom. The van der Waals surface area contributed by atoms with Crippen molar-refractivity contribution in [3.63, 3.8) is 0 Å². The van der Waals surface area contributed by atoms with E-state index in [0.717, 1.165) is 0 Å². The summed E-state index contributed by atoms with van der Waals surface area (Å²) in [6.07, 6.45) is 0.749. The number of hydrogen-bond donors (Lipinski definition) is 1. The van der Waals surface area contributed by atoms with Crippen LogP contribution in [0.15, 0.2) is 59.7 Å². The number of rotatable bonds is 4. The first kappa shape index (κ1) is 15.2. The van der Waals surface area contributed by atoms with Crippen molar-refractivity contribution < 1.29 is 19.1 Å². The first-order valence-corrected chi connectivity index (χ1v) is 6.43. The number of esters is 1. The van der Waals surface area contributed by atoms with Gasteiger partial charge < -0.3 is 9.47 Å². The van der Waals surface area contributed by atoms with Crippen molar-refractivity contribution in [2.24, 2.45) is 5.10 Å². The zero-order chi connectivity index (χ0) is 15.8. The molecule has 6 nitrogen and oxygen atoms in total. The van der Waals surface area contributed by atoms with E-state index in [0.29, 0.717) is 16.9 Å². The number of carbonyl (C=O) groups is 2. The fraction of sp³-hybridized carbons (Fsp3) is 0.0625. The summed E-state index contributed by atoms with van der Waals surface area (Å²) in [7, 11) is 1.24. The molecule has 112 valence electrons. The first-order chi connectivity index (χ1) is 10.7. The number of nitrogens with one attached hydrogen (secondary N) is 1. The highest BCUT2D eigenvalue weighted by atomic mass is 16.5.